The van der Waals surface area contributed by atoms with E-state index in [9.17, 15) is 4.79 Å². The number of carbonyl (C=O) groups excluding carboxylic acids is 1. The van der Waals surface area contributed by atoms with E-state index < -0.39 is 5.41 Å². The van der Waals surface area contributed by atoms with Gasteiger partial charge in [-0.3, -0.25) is 0 Å². The lowest BCUT2D eigenvalue weighted by molar-refractivity contribution is -0.111. The molecule has 0 aromatic heterocycles. The van der Waals surface area contributed by atoms with Gasteiger partial charge in [-0.05, 0) is 31.0 Å². The summed E-state index contributed by atoms with van der Waals surface area (Å²) in [6.07, 6.45) is 1.05. The average molecular weight is 267 g/mol. The molecule has 0 N–H and O–H groups in total. The Balaban J connectivity index is 2.27. The summed E-state index contributed by atoms with van der Waals surface area (Å²) in [6, 6.07) is 18.2. The molecule has 0 saturated carbocycles. The van der Waals surface area contributed by atoms with Crippen molar-refractivity contribution in [3.05, 3.63) is 65.7 Å². The van der Waals surface area contributed by atoms with E-state index in [1.807, 2.05) is 56.4 Å². The number of hydrogen-bond donors (Lipinski definition) is 0. The van der Waals surface area contributed by atoms with Gasteiger partial charge in [-0.25, -0.2) is 0 Å². The number of anilines is 1. The van der Waals surface area contributed by atoms with Gasteiger partial charge < -0.3 is 9.69 Å². The van der Waals surface area contributed by atoms with Gasteiger partial charge in [-0.1, -0.05) is 48.5 Å². The molecule has 0 aliphatic carbocycles. The molecular formula is C18H21NO. The van der Waals surface area contributed by atoms with Crippen molar-refractivity contribution in [3.8, 4) is 0 Å². The fraction of sp³-hybridized carbons (Fsp3) is 0.278. The Kier molecular flexibility index (Phi) is 4.23. The van der Waals surface area contributed by atoms with E-state index in [4.69, 9.17) is 0 Å². The molecule has 0 bridgehead atoms. The van der Waals surface area contributed by atoms with Crippen molar-refractivity contribution >= 4 is 12.0 Å². The molecule has 1 atom stereocenters. The van der Waals surface area contributed by atoms with Crippen LogP contribution in [0.4, 0.5) is 5.69 Å². The summed E-state index contributed by atoms with van der Waals surface area (Å²) >= 11 is 0. The van der Waals surface area contributed by atoms with Crippen LogP contribution in [0.25, 0.3) is 0 Å². The monoisotopic (exact) mass is 267 g/mol. The van der Waals surface area contributed by atoms with E-state index in [-0.39, 0.29) is 0 Å². The first-order valence-electron chi connectivity index (χ1n) is 6.85. The summed E-state index contributed by atoms with van der Waals surface area (Å²) in [5.74, 6) is 0. The molecule has 2 rings (SSSR count). The molecule has 0 aliphatic heterocycles. The molecule has 0 spiro atoms. The number of aldehydes is 1. The molecule has 0 aliphatic rings. The van der Waals surface area contributed by atoms with Crippen LogP contribution >= 0.6 is 0 Å². The maximum atomic E-state index is 11.7. The van der Waals surface area contributed by atoms with Crippen molar-refractivity contribution in [1.82, 2.24) is 0 Å². The second-order valence-electron chi connectivity index (χ2n) is 5.54. The molecule has 2 aromatic rings. The number of benzene rings is 2. The lowest BCUT2D eigenvalue weighted by atomic mass is 9.83. The van der Waals surface area contributed by atoms with Crippen LogP contribution in [-0.2, 0) is 10.2 Å². The maximum Gasteiger partial charge on any atom is 0.132 e. The Bertz CT molecular complexity index is 579. The summed E-state index contributed by atoms with van der Waals surface area (Å²) in [4.78, 5) is 13.8. The number of nitrogens with zero attached hydrogens (tertiary/aromatic N) is 1. The normalized spacial score (nSPS) is 13.6. The number of carbonyl (C=O) groups is 1. The second kappa shape index (κ2) is 5.91. The van der Waals surface area contributed by atoms with Crippen LogP contribution in [0.15, 0.2) is 54.6 Å². The van der Waals surface area contributed by atoms with Crippen molar-refractivity contribution in [2.24, 2.45) is 0 Å². The van der Waals surface area contributed by atoms with Crippen LogP contribution in [0, 0.1) is 6.92 Å². The molecule has 2 aromatic carbocycles. The van der Waals surface area contributed by atoms with Crippen molar-refractivity contribution < 1.29 is 4.79 Å². The van der Waals surface area contributed by atoms with Gasteiger partial charge in [0.2, 0.25) is 0 Å². The molecule has 104 valence electrons. The summed E-state index contributed by atoms with van der Waals surface area (Å²) in [7, 11) is 2.03. The average Bonchev–Trinajstić information content (AvgIpc) is 2.48. The summed E-state index contributed by atoms with van der Waals surface area (Å²) < 4.78 is 0. The van der Waals surface area contributed by atoms with Gasteiger partial charge in [0.25, 0.3) is 0 Å². The first-order valence-corrected chi connectivity index (χ1v) is 6.85. The highest BCUT2D eigenvalue weighted by Gasteiger charge is 2.28. The zero-order chi connectivity index (χ0) is 14.6. The Labute approximate surface area is 121 Å². The lowest BCUT2D eigenvalue weighted by Crippen LogP contribution is -2.38. The first kappa shape index (κ1) is 14.3. The number of hydrogen-bond acceptors (Lipinski definition) is 2. The van der Waals surface area contributed by atoms with Crippen LogP contribution in [0.1, 0.15) is 18.1 Å². The van der Waals surface area contributed by atoms with Crippen molar-refractivity contribution in [3.63, 3.8) is 0 Å². The lowest BCUT2D eigenvalue weighted by Gasteiger charge is -2.31. The third kappa shape index (κ3) is 2.90. The standard InChI is InChI=1S/C18H21NO/c1-15-9-7-8-12-17(15)19(3)13-18(2,14-20)16-10-5-4-6-11-16/h4-12,14H,13H2,1-3H3. The molecule has 0 radical (unpaired) electrons. The minimum Gasteiger partial charge on any atom is -0.373 e. The highest BCUT2D eigenvalue weighted by atomic mass is 16.1. The van der Waals surface area contributed by atoms with Crippen LogP contribution in [0.2, 0.25) is 0 Å². The summed E-state index contributed by atoms with van der Waals surface area (Å²) in [5, 5.41) is 0. The molecule has 0 saturated heterocycles. The zero-order valence-corrected chi connectivity index (χ0v) is 12.3. The molecule has 2 nitrogen and oxygen atoms in total. The van der Waals surface area contributed by atoms with E-state index in [1.54, 1.807) is 0 Å². The van der Waals surface area contributed by atoms with Gasteiger partial charge in [0.05, 0.1) is 5.41 Å². The minimum absolute atomic E-state index is 0.502. The molecule has 1 unspecified atom stereocenters. The third-order valence-corrected chi connectivity index (χ3v) is 3.79. The van der Waals surface area contributed by atoms with Gasteiger partial charge in [0.1, 0.15) is 6.29 Å². The topological polar surface area (TPSA) is 20.3 Å². The molecule has 20 heavy (non-hydrogen) atoms. The van der Waals surface area contributed by atoms with Gasteiger partial charge in [0, 0.05) is 19.3 Å². The molecule has 0 amide bonds. The fourth-order valence-electron chi connectivity index (χ4n) is 2.59. The minimum atomic E-state index is -0.502. The predicted molar refractivity (Wildman–Crippen MR) is 84.3 cm³/mol. The van der Waals surface area contributed by atoms with E-state index in [1.165, 1.54) is 5.56 Å². The number of aryl methyl sites for hydroxylation is 1. The Hall–Kier alpha value is -2.09. The first-order chi connectivity index (χ1) is 9.57. The predicted octanol–water partition coefficient (Wildman–Crippen LogP) is 3.59. The molecule has 2 heteroatoms. The van der Waals surface area contributed by atoms with Crippen molar-refractivity contribution in [1.29, 1.82) is 0 Å². The Morgan fingerprint density at radius 1 is 1.05 bits per heavy atom. The summed E-state index contributed by atoms with van der Waals surface area (Å²) in [6.45, 7) is 4.74. The van der Waals surface area contributed by atoms with Crippen LogP contribution in [0.5, 0.6) is 0 Å². The molecule has 0 heterocycles. The number of para-hydroxylation sites is 1. The summed E-state index contributed by atoms with van der Waals surface area (Å²) in [5.41, 5.74) is 2.93. The molecule has 0 fully saturated rings. The van der Waals surface area contributed by atoms with Gasteiger partial charge in [0.15, 0.2) is 0 Å². The maximum absolute atomic E-state index is 11.7. The number of likely N-dealkylation sites (N-methyl/N-ethyl adjacent to an activating group) is 1. The van der Waals surface area contributed by atoms with Gasteiger partial charge >= 0.3 is 0 Å². The smallest absolute Gasteiger partial charge is 0.132 e. The third-order valence-electron chi connectivity index (χ3n) is 3.79. The largest absolute Gasteiger partial charge is 0.373 e. The fourth-order valence-corrected chi connectivity index (χ4v) is 2.59. The quantitative estimate of drug-likeness (QED) is 0.772. The zero-order valence-electron chi connectivity index (χ0n) is 12.3. The van der Waals surface area contributed by atoms with Crippen LogP contribution in [-0.4, -0.2) is 19.9 Å². The Morgan fingerprint density at radius 3 is 2.25 bits per heavy atom. The second-order valence-corrected chi connectivity index (χ2v) is 5.54. The number of rotatable bonds is 5. The van der Waals surface area contributed by atoms with Crippen LogP contribution < -0.4 is 4.90 Å². The van der Waals surface area contributed by atoms with Gasteiger partial charge in [-0.15, -0.1) is 0 Å². The van der Waals surface area contributed by atoms with Gasteiger partial charge in [-0.2, -0.15) is 0 Å². The Morgan fingerprint density at radius 2 is 1.65 bits per heavy atom. The highest BCUT2D eigenvalue weighted by Crippen LogP contribution is 2.26. The van der Waals surface area contributed by atoms with Crippen LogP contribution in [0.3, 0.4) is 0 Å². The van der Waals surface area contributed by atoms with Crippen molar-refractivity contribution in [2.75, 3.05) is 18.5 Å². The van der Waals surface area contributed by atoms with E-state index in [2.05, 4.69) is 24.0 Å². The van der Waals surface area contributed by atoms with E-state index in [0.29, 0.717) is 6.54 Å². The SMILES string of the molecule is Cc1ccccc1N(C)CC(C)(C=O)c1ccccc1. The van der Waals surface area contributed by atoms with Crippen molar-refractivity contribution in [2.45, 2.75) is 19.3 Å². The highest BCUT2D eigenvalue weighted by molar-refractivity contribution is 5.70. The van der Waals surface area contributed by atoms with E-state index >= 15 is 0 Å². The molecular weight excluding hydrogens is 246 g/mol. The van der Waals surface area contributed by atoms with E-state index in [0.717, 1.165) is 17.5 Å².